The molecule has 0 aliphatic carbocycles. The third-order valence-corrected chi connectivity index (χ3v) is 3.80. The first-order valence-corrected chi connectivity index (χ1v) is 7.64. The minimum absolute atomic E-state index is 0.102. The maximum atomic E-state index is 11.9. The number of amides is 2. The van der Waals surface area contributed by atoms with Crippen molar-refractivity contribution in [2.75, 3.05) is 32.1 Å². The smallest absolute Gasteiger partial charge is 0.315 e. The fourth-order valence-corrected chi connectivity index (χ4v) is 2.11. The van der Waals surface area contributed by atoms with Crippen LogP contribution in [0.5, 0.6) is 0 Å². The third kappa shape index (κ3) is 5.93. The van der Waals surface area contributed by atoms with Gasteiger partial charge in [0.25, 0.3) is 0 Å². The molecule has 0 aromatic heterocycles. The molecule has 0 aliphatic rings. The number of anilines is 1. The number of rotatable bonds is 7. The Balaban J connectivity index is 2.48. The van der Waals surface area contributed by atoms with Crippen LogP contribution in [0.4, 0.5) is 10.5 Å². The predicted octanol–water partition coefficient (Wildman–Crippen LogP) is 2.27. The van der Waals surface area contributed by atoms with Gasteiger partial charge in [0, 0.05) is 39.5 Å². The predicted molar refractivity (Wildman–Crippen MR) is 91.2 cm³/mol. The highest BCUT2D eigenvalue weighted by Gasteiger charge is 2.17. The lowest BCUT2D eigenvalue weighted by Crippen LogP contribution is -2.40. The number of hydrogen-bond donors (Lipinski definition) is 3. The van der Waals surface area contributed by atoms with Gasteiger partial charge in [-0.1, -0.05) is 19.9 Å². The van der Waals surface area contributed by atoms with E-state index in [1.807, 2.05) is 47.0 Å². The van der Waals surface area contributed by atoms with Crippen LogP contribution in [0.2, 0.25) is 0 Å². The number of aliphatic hydroxyl groups is 1. The van der Waals surface area contributed by atoms with Gasteiger partial charge < -0.3 is 20.6 Å². The van der Waals surface area contributed by atoms with E-state index < -0.39 is 0 Å². The Labute approximate surface area is 133 Å². The van der Waals surface area contributed by atoms with Crippen LogP contribution in [0, 0.1) is 12.3 Å². The number of nitrogens with one attached hydrogen (secondary N) is 2. The summed E-state index contributed by atoms with van der Waals surface area (Å²) in [5.41, 5.74) is 3.31. The monoisotopic (exact) mass is 307 g/mol. The topological polar surface area (TPSA) is 64.6 Å². The van der Waals surface area contributed by atoms with Gasteiger partial charge in [0.2, 0.25) is 0 Å². The standard InChI is InChI=1S/C17H29N3O2/c1-13-10-15(20(4)5)7-6-14(13)11-18-16(22)19-12-17(2,3)8-9-21/h6-7,10,21H,8-9,11-12H2,1-5H3,(H2,18,19,22). The Hall–Kier alpha value is -1.75. The molecule has 3 N–H and O–H groups in total. The summed E-state index contributed by atoms with van der Waals surface area (Å²) < 4.78 is 0. The van der Waals surface area contributed by atoms with E-state index in [2.05, 4.69) is 21.6 Å². The minimum atomic E-state index is -0.179. The highest BCUT2D eigenvalue weighted by molar-refractivity contribution is 5.73. The molecule has 0 atom stereocenters. The molecule has 0 heterocycles. The maximum Gasteiger partial charge on any atom is 0.315 e. The number of urea groups is 1. The molecule has 0 bridgehead atoms. The molecule has 124 valence electrons. The fraction of sp³-hybridized carbons (Fsp3) is 0.588. The molecule has 1 rings (SSSR count). The summed E-state index contributed by atoms with van der Waals surface area (Å²) in [6.07, 6.45) is 0.665. The Bertz CT molecular complexity index is 499. The van der Waals surface area contributed by atoms with E-state index >= 15 is 0 Å². The second kappa shape index (κ2) is 8.03. The zero-order chi connectivity index (χ0) is 16.8. The molecule has 0 radical (unpaired) electrons. The van der Waals surface area contributed by atoms with Gasteiger partial charge in [-0.05, 0) is 42.0 Å². The van der Waals surface area contributed by atoms with Gasteiger partial charge in [0.05, 0.1) is 0 Å². The van der Waals surface area contributed by atoms with E-state index in [4.69, 9.17) is 5.11 Å². The summed E-state index contributed by atoms with van der Waals surface area (Å²) in [5, 5.41) is 14.7. The van der Waals surface area contributed by atoms with Gasteiger partial charge in [0.1, 0.15) is 0 Å². The van der Waals surface area contributed by atoms with Crippen molar-refractivity contribution in [1.29, 1.82) is 0 Å². The molecule has 0 spiro atoms. The highest BCUT2D eigenvalue weighted by atomic mass is 16.3. The summed E-state index contributed by atoms with van der Waals surface area (Å²) in [7, 11) is 4.02. The first-order chi connectivity index (χ1) is 10.2. The molecule has 22 heavy (non-hydrogen) atoms. The van der Waals surface area contributed by atoms with Gasteiger partial charge in [-0.2, -0.15) is 0 Å². The van der Waals surface area contributed by atoms with E-state index in [0.717, 1.165) is 16.8 Å². The number of hydrogen-bond acceptors (Lipinski definition) is 3. The lowest BCUT2D eigenvalue weighted by molar-refractivity contribution is 0.201. The molecular weight excluding hydrogens is 278 g/mol. The average molecular weight is 307 g/mol. The number of aliphatic hydroxyl groups excluding tert-OH is 1. The molecule has 5 heteroatoms. The van der Waals surface area contributed by atoms with Crippen molar-refractivity contribution in [3.8, 4) is 0 Å². The molecule has 0 saturated heterocycles. The lowest BCUT2D eigenvalue weighted by atomic mass is 9.90. The molecule has 2 amide bonds. The van der Waals surface area contributed by atoms with E-state index in [0.29, 0.717) is 19.5 Å². The summed E-state index contributed by atoms with van der Waals surface area (Å²) in [6.45, 7) is 7.27. The molecule has 0 aliphatic heterocycles. The second-order valence-corrected chi connectivity index (χ2v) is 6.68. The van der Waals surface area contributed by atoms with Crippen LogP contribution in [0.3, 0.4) is 0 Å². The minimum Gasteiger partial charge on any atom is -0.396 e. The number of benzene rings is 1. The quantitative estimate of drug-likeness (QED) is 0.724. The zero-order valence-corrected chi connectivity index (χ0v) is 14.4. The molecule has 1 aromatic carbocycles. The Kier molecular flexibility index (Phi) is 6.68. The van der Waals surface area contributed by atoms with E-state index in [-0.39, 0.29) is 18.1 Å². The van der Waals surface area contributed by atoms with Crippen molar-refractivity contribution in [2.45, 2.75) is 33.7 Å². The molecule has 0 unspecified atom stereocenters. The van der Waals surface area contributed by atoms with E-state index in [9.17, 15) is 4.79 Å². The van der Waals surface area contributed by atoms with Gasteiger partial charge in [-0.3, -0.25) is 0 Å². The number of aryl methyl sites for hydroxylation is 1. The second-order valence-electron chi connectivity index (χ2n) is 6.68. The van der Waals surface area contributed by atoms with Crippen molar-refractivity contribution < 1.29 is 9.90 Å². The van der Waals surface area contributed by atoms with Crippen LogP contribution in [-0.4, -0.2) is 38.4 Å². The van der Waals surface area contributed by atoms with E-state index in [1.54, 1.807) is 0 Å². The Morgan fingerprint density at radius 2 is 1.95 bits per heavy atom. The van der Waals surface area contributed by atoms with Gasteiger partial charge in [0.15, 0.2) is 0 Å². The van der Waals surface area contributed by atoms with Crippen molar-refractivity contribution in [3.05, 3.63) is 29.3 Å². The molecular formula is C17H29N3O2. The lowest BCUT2D eigenvalue weighted by Gasteiger charge is -2.24. The zero-order valence-electron chi connectivity index (χ0n) is 14.4. The van der Waals surface area contributed by atoms with Crippen molar-refractivity contribution in [1.82, 2.24) is 10.6 Å². The van der Waals surface area contributed by atoms with Crippen LogP contribution in [-0.2, 0) is 6.54 Å². The summed E-state index contributed by atoms with van der Waals surface area (Å²) in [4.78, 5) is 13.9. The van der Waals surface area contributed by atoms with Crippen LogP contribution in [0.25, 0.3) is 0 Å². The SMILES string of the molecule is Cc1cc(N(C)C)ccc1CNC(=O)NCC(C)(C)CCO. The summed E-state index contributed by atoms with van der Waals surface area (Å²) in [6, 6.07) is 6.02. The van der Waals surface area contributed by atoms with Crippen LogP contribution < -0.4 is 15.5 Å². The summed E-state index contributed by atoms with van der Waals surface area (Å²) >= 11 is 0. The van der Waals surface area contributed by atoms with Crippen molar-refractivity contribution >= 4 is 11.7 Å². The average Bonchev–Trinajstić information content (AvgIpc) is 2.43. The first kappa shape index (κ1) is 18.3. The number of carbonyl (C=O) groups excluding carboxylic acids is 1. The van der Waals surface area contributed by atoms with Crippen LogP contribution in [0.1, 0.15) is 31.4 Å². The van der Waals surface area contributed by atoms with Crippen LogP contribution >= 0.6 is 0 Å². The van der Waals surface area contributed by atoms with E-state index in [1.165, 1.54) is 0 Å². The molecule has 5 nitrogen and oxygen atoms in total. The Morgan fingerprint density at radius 1 is 1.27 bits per heavy atom. The van der Waals surface area contributed by atoms with Gasteiger partial charge in [-0.25, -0.2) is 4.79 Å². The highest BCUT2D eigenvalue weighted by Crippen LogP contribution is 2.18. The Morgan fingerprint density at radius 3 is 2.50 bits per heavy atom. The van der Waals surface area contributed by atoms with Crippen molar-refractivity contribution in [3.63, 3.8) is 0 Å². The van der Waals surface area contributed by atoms with Crippen molar-refractivity contribution in [2.24, 2.45) is 5.41 Å². The fourth-order valence-electron chi connectivity index (χ4n) is 2.11. The number of carbonyl (C=O) groups is 1. The molecule has 0 saturated carbocycles. The number of nitrogens with zero attached hydrogens (tertiary/aromatic N) is 1. The van der Waals surface area contributed by atoms with Gasteiger partial charge in [-0.15, -0.1) is 0 Å². The normalized spacial score (nSPS) is 11.2. The molecule has 1 aromatic rings. The molecule has 0 fully saturated rings. The largest absolute Gasteiger partial charge is 0.396 e. The summed E-state index contributed by atoms with van der Waals surface area (Å²) in [5.74, 6) is 0. The first-order valence-electron chi connectivity index (χ1n) is 7.64. The van der Waals surface area contributed by atoms with Crippen LogP contribution in [0.15, 0.2) is 18.2 Å². The maximum absolute atomic E-state index is 11.9. The van der Waals surface area contributed by atoms with Gasteiger partial charge >= 0.3 is 6.03 Å². The third-order valence-electron chi connectivity index (χ3n) is 3.80.